The molecule has 1 aromatic heterocycles. The number of aromatic nitrogens is 1. The lowest BCUT2D eigenvalue weighted by Gasteiger charge is -2.29. The van der Waals surface area contributed by atoms with E-state index in [0.29, 0.717) is 19.0 Å². The summed E-state index contributed by atoms with van der Waals surface area (Å²) < 4.78 is 5.84. The Morgan fingerprint density at radius 3 is 3.14 bits per heavy atom. The number of nitrogens with two attached hydrogens (primary N) is 1. The van der Waals surface area contributed by atoms with E-state index in [-0.39, 0.29) is 17.9 Å². The smallest absolute Gasteiger partial charge is 0.238 e. The number of fused-ring (bicyclic) bond motifs is 1. The number of nitrogens with one attached hydrogen (secondary N) is 2. The fourth-order valence-electron chi connectivity index (χ4n) is 2.78. The Morgan fingerprint density at radius 1 is 1.48 bits per heavy atom. The quantitative estimate of drug-likeness (QED) is 0.771. The third kappa shape index (κ3) is 2.91. The zero-order chi connectivity index (χ0) is 14.7. The molecule has 2 atom stereocenters. The molecule has 1 unspecified atom stereocenters. The van der Waals surface area contributed by atoms with Crippen molar-refractivity contribution in [3.05, 3.63) is 30.2 Å². The minimum Gasteiger partial charge on any atom is -0.440 e. The maximum atomic E-state index is 12.3. The number of oxazole rings is 1. The van der Waals surface area contributed by atoms with Crippen LogP contribution >= 0.6 is 0 Å². The van der Waals surface area contributed by atoms with Crippen molar-refractivity contribution in [1.82, 2.24) is 15.6 Å². The van der Waals surface area contributed by atoms with Crippen molar-refractivity contribution < 1.29 is 9.21 Å². The van der Waals surface area contributed by atoms with Crippen molar-refractivity contribution >= 4 is 17.0 Å². The first kappa shape index (κ1) is 14.0. The van der Waals surface area contributed by atoms with Crippen LogP contribution in [0.3, 0.4) is 0 Å². The van der Waals surface area contributed by atoms with Gasteiger partial charge in [0.2, 0.25) is 11.8 Å². The average molecular weight is 288 g/mol. The molecule has 1 amide bonds. The molecule has 0 spiro atoms. The predicted molar refractivity (Wildman–Crippen MR) is 79.8 cm³/mol. The van der Waals surface area contributed by atoms with Gasteiger partial charge in [-0.25, -0.2) is 4.98 Å². The SMILES string of the molecule is NCCNC(=O)[C@H]1NCCCC1c1nc2ccccc2o1. The Labute approximate surface area is 123 Å². The molecule has 21 heavy (non-hydrogen) atoms. The molecule has 1 aromatic carbocycles. The van der Waals surface area contributed by atoms with Crippen molar-refractivity contribution in [2.75, 3.05) is 19.6 Å². The van der Waals surface area contributed by atoms with Crippen LogP contribution in [0.1, 0.15) is 24.7 Å². The number of nitrogens with zero attached hydrogens (tertiary/aromatic N) is 1. The van der Waals surface area contributed by atoms with Crippen molar-refractivity contribution in [3.63, 3.8) is 0 Å². The van der Waals surface area contributed by atoms with Gasteiger partial charge in [-0.1, -0.05) is 12.1 Å². The van der Waals surface area contributed by atoms with E-state index < -0.39 is 0 Å². The first-order valence-electron chi connectivity index (χ1n) is 7.36. The van der Waals surface area contributed by atoms with Crippen LogP contribution in [0, 0.1) is 0 Å². The molecule has 3 rings (SSSR count). The Morgan fingerprint density at radius 2 is 2.33 bits per heavy atom. The minimum absolute atomic E-state index is 0.0348. The molecule has 0 saturated carbocycles. The number of amides is 1. The number of piperidine rings is 1. The summed E-state index contributed by atoms with van der Waals surface area (Å²) in [6.45, 7) is 1.75. The maximum absolute atomic E-state index is 12.3. The third-order valence-corrected chi connectivity index (χ3v) is 3.81. The summed E-state index contributed by atoms with van der Waals surface area (Å²) in [4.78, 5) is 16.8. The van der Waals surface area contributed by atoms with Crippen molar-refractivity contribution in [2.24, 2.45) is 5.73 Å². The average Bonchev–Trinajstić information content (AvgIpc) is 2.96. The molecule has 6 heteroatoms. The van der Waals surface area contributed by atoms with Crippen LogP contribution in [0.15, 0.2) is 28.7 Å². The highest BCUT2D eigenvalue weighted by Gasteiger charge is 2.34. The van der Waals surface area contributed by atoms with Gasteiger partial charge in [0.1, 0.15) is 5.52 Å². The van der Waals surface area contributed by atoms with Gasteiger partial charge in [-0.2, -0.15) is 0 Å². The van der Waals surface area contributed by atoms with Crippen LogP contribution < -0.4 is 16.4 Å². The number of hydrogen-bond donors (Lipinski definition) is 3. The first-order valence-corrected chi connectivity index (χ1v) is 7.36. The normalized spacial score (nSPS) is 22.3. The summed E-state index contributed by atoms with van der Waals surface area (Å²) in [5.74, 6) is 0.563. The summed E-state index contributed by atoms with van der Waals surface area (Å²) >= 11 is 0. The molecule has 1 aliphatic rings. The van der Waals surface area contributed by atoms with Gasteiger partial charge in [-0.05, 0) is 31.5 Å². The fraction of sp³-hybridized carbons (Fsp3) is 0.467. The second kappa shape index (κ2) is 6.24. The van der Waals surface area contributed by atoms with Gasteiger partial charge in [0.25, 0.3) is 0 Å². The molecule has 112 valence electrons. The second-order valence-corrected chi connectivity index (χ2v) is 5.28. The van der Waals surface area contributed by atoms with Crippen molar-refractivity contribution in [3.8, 4) is 0 Å². The monoisotopic (exact) mass is 288 g/mol. The maximum Gasteiger partial charge on any atom is 0.238 e. The summed E-state index contributed by atoms with van der Waals surface area (Å²) in [6.07, 6.45) is 1.89. The lowest BCUT2D eigenvalue weighted by atomic mass is 9.90. The number of para-hydroxylation sites is 2. The summed E-state index contributed by atoms with van der Waals surface area (Å²) in [5.41, 5.74) is 7.03. The predicted octanol–water partition coefficient (Wildman–Crippen LogP) is 0.738. The molecule has 1 saturated heterocycles. The van der Waals surface area contributed by atoms with E-state index in [1.807, 2.05) is 24.3 Å². The summed E-state index contributed by atoms with van der Waals surface area (Å²) in [6, 6.07) is 7.35. The second-order valence-electron chi connectivity index (χ2n) is 5.28. The molecule has 2 aromatic rings. The summed E-state index contributed by atoms with van der Waals surface area (Å²) in [5, 5.41) is 6.11. The molecule has 2 heterocycles. The number of carbonyl (C=O) groups is 1. The van der Waals surface area contributed by atoms with E-state index in [4.69, 9.17) is 10.2 Å². The molecule has 1 aliphatic heterocycles. The highest BCUT2D eigenvalue weighted by Crippen LogP contribution is 2.30. The van der Waals surface area contributed by atoms with Crippen LogP contribution in [0.25, 0.3) is 11.1 Å². The van der Waals surface area contributed by atoms with Crippen LogP contribution in [-0.4, -0.2) is 36.6 Å². The van der Waals surface area contributed by atoms with Gasteiger partial charge in [0, 0.05) is 13.1 Å². The van der Waals surface area contributed by atoms with Crippen molar-refractivity contribution in [2.45, 2.75) is 24.8 Å². The largest absolute Gasteiger partial charge is 0.440 e. The molecule has 0 radical (unpaired) electrons. The Hall–Kier alpha value is -1.92. The highest BCUT2D eigenvalue weighted by atomic mass is 16.3. The highest BCUT2D eigenvalue weighted by molar-refractivity contribution is 5.83. The number of hydrogen-bond acceptors (Lipinski definition) is 5. The molecule has 6 nitrogen and oxygen atoms in total. The molecular weight excluding hydrogens is 268 g/mol. The topological polar surface area (TPSA) is 93.2 Å². The fourth-order valence-corrected chi connectivity index (χ4v) is 2.78. The van der Waals surface area contributed by atoms with Crippen LogP contribution in [0.5, 0.6) is 0 Å². The lowest BCUT2D eigenvalue weighted by Crippen LogP contribution is -2.51. The number of carbonyl (C=O) groups excluding carboxylic acids is 1. The molecular formula is C15H20N4O2. The number of rotatable bonds is 4. The van der Waals surface area contributed by atoms with E-state index in [9.17, 15) is 4.79 Å². The Balaban J connectivity index is 1.84. The molecule has 0 bridgehead atoms. The van der Waals surface area contributed by atoms with Gasteiger partial charge in [-0.15, -0.1) is 0 Å². The van der Waals surface area contributed by atoms with E-state index in [0.717, 1.165) is 30.5 Å². The van der Waals surface area contributed by atoms with Gasteiger partial charge < -0.3 is 20.8 Å². The van der Waals surface area contributed by atoms with Gasteiger partial charge in [-0.3, -0.25) is 4.79 Å². The Kier molecular flexibility index (Phi) is 4.17. The first-order chi connectivity index (χ1) is 10.3. The third-order valence-electron chi connectivity index (χ3n) is 3.81. The van der Waals surface area contributed by atoms with E-state index in [2.05, 4.69) is 15.6 Å². The van der Waals surface area contributed by atoms with Gasteiger partial charge >= 0.3 is 0 Å². The van der Waals surface area contributed by atoms with Gasteiger partial charge in [0.05, 0.1) is 12.0 Å². The van der Waals surface area contributed by atoms with Crippen LogP contribution in [-0.2, 0) is 4.79 Å². The molecule has 1 fully saturated rings. The minimum atomic E-state index is -0.307. The Bertz CT molecular complexity index is 592. The van der Waals surface area contributed by atoms with E-state index in [1.165, 1.54) is 0 Å². The lowest BCUT2D eigenvalue weighted by molar-refractivity contribution is -0.124. The zero-order valence-electron chi connectivity index (χ0n) is 11.8. The molecule has 4 N–H and O–H groups in total. The van der Waals surface area contributed by atoms with E-state index >= 15 is 0 Å². The van der Waals surface area contributed by atoms with Crippen molar-refractivity contribution in [1.29, 1.82) is 0 Å². The zero-order valence-corrected chi connectivity index (χ0v) is 11.8. The van der Waals surface area contributed by atoms with Gasteiger partial charge in [0.15, 0.2) is 5.58 Å². The standard InChI is InChI=1S/C15H20N4O2/c16-7-9-18-14(20)13-10(4-3-8-17-13)15-19-11-5-1-2-6-12(11)21-15/h1-2,5-6,10,13,17H,3-4,7-9,16H2,(H,18,20)/t10?,13-/m0/s1. The molecule has 0 aliphatic carbocycles. The number of benzene rings is 1. The van der Waals surface area contributed by atoms with Crippen LogP contribution in [0.2, 0.25) is 0 Å². The van der Waals surface area contributed by atoms with Crippen LogP contribution in [0.4, 0.5) is 0 Å². The summed E-state index contributed by atoms with van der Waals surface area (Å²) in [7, 11) is 0. The van der Waals surface area contributed by atoms with E-state index in [1.54, 1.807) is 0 Å².